The van der Waals surface area contributed by atoms with E-state index in [1.165, 1.54) is 17.2 Å². The summed E-state index contributed by atoms with van der Waals surface area (Å²) in [5.74, 6) is -0.836. The lowest BCUT2D eigenvalue weighted by Gasteiger charge is -2.20. The molecule has 1 aliphatic heterocycles. The number of fused-ring (bicyclic) bond motifs is 1. The summed E-state index contributed by atoms with van der Waals surface area (Å²) >= 11 is 0. The average molecular weight is 435 g/mol. The van der Waals surface area contributed by atoms with E-state index in [1.54, 1.807) is 0 Å². The van der Waals surface area contributed by atoms with E-state index in [4.69, 9.17) is 35.8 Å². The summed E-state index contributed by atoms with van der Waals surface area (Å²) in [7, 11) is -5.03. The number of nitrogens with zero attached hydrogens (tertiary/aromatic N) is 3. The Morgan fingerprint density at radius 1 is 1.45 bits per heavy atom. The molecule has 0 radical (unpaired) electrons. The number of aromatic nitrogens is 4. The SMILES string of the molecule is Nc1ncnc2c1[nH]c[n+]2[C@@H]1O[C@H](COC(=O)[C@H](N)CO)[C@@H](OP(=O)(O)O)[C@H]1O. The average Bonchev–Trinajstić information content (AvgIpc) is 3.21. The van der Waals surface area contributed by atoms with Crippen molar-refractivity contribution in [3.8, 4) is 0 Å². The summed E-state index contributed by atoms with van der Waals surface area (Å²) in [6, 6.07) is -1.30. The molecule has 3 rings (SSSR count). The van der Waals surface area contributed by atoms with Crippen LogP contribution in [0.3, 0.4) is 0 Å². The van der Waals surface area contributed by atoms with Gasteiger partial charge in [-0.2, -0.15) is 4.98 Å². The van der Waals surface area contributed by atoms with E-state index in [-0.39, 0.29) is 11.5 Å². The molecule has 16 heteroatoms. The number of nitrogen functional groups attached to an aromatic ring is 1. The molecule has 160 valence electrons. The van der Waals surface area contributed by atoms with Crippen molar-refractivity contribution < 1.29 is 47.9 Å². The van der Waals surface area contributed by atoms with Gasteiger partial charge in [0.05, 0.1) is 6.61 Å². The van der Waals surface area contributed by atoms with Crippen LogP contribution in [0.2, 0.25) is 0 Å². The van der Waals surface area contributed by atoms with Crippen molar-refractivity contribution in [1.82, 2.24) is 15.0 Å². The van der Waals surface area contributed by atoms with Gasteiger partial charge in [-0.25, -0.2) is 9.13 Å². The van der Waals surface area contributed by atoms with Gasteiger partial charge in [-0.05, 0) is 0 Å². The molecule has 1 saturated heterocycles. The second kappa shape index (κ2) is 8.25. The Kier molecular flexibility index (Phi) is 6.11. The number of phosphoric ester groups is 1. The van der Waals surface area contributed by atoms with Crippen LogP contribution in [0.15, 0.2) is 12.7 Å². The second-order valence-corrected chi connectivity index (χ2v) is 7.37. The maximum absolute atomic E-state index is 11.7. The van der Waals surface area contributed by atoms with Crippen LogP contribution >= 0.6 is 7.82 Å². The van der Waals surface area contributed by atoms with Gasteiger partial charge in [-0.1, -0.05) is 4.98 Å². The highest BCUT2D eigenvalue weighted by atomic mass is 31.2. The van der Waals surface area contributed by atoms with Crippen molar-refractivity contribution in [2.24, 2.45) is 5.73 Å². The summed E-state index contributed by atoms with van der Waals surface area (Å²) in [5.41, 5.74) is 11.7. The predicted molar refractivity (Wildman–Crippen MR) is 91.4 cm³/mol. The highest BCUT2D eigenvalue weighted by Gasteiger charge is 2.51. The largest absolute Gasteiger partial charge is 0.470 e. The van der Waals surface area contributed by atoms with Gasteiger partial charge in [0.1, 0.15) is 31.0 Å². The van der Waals surface area contributed by atoms with E-state index >= 15 is 0 Å². The summed E-state index contributed by atoms with van der Waals surface area (Å²) in [5, 5.41) is 19.5. The van der Waals surface area contributed by atoms with Crippen LogP contribution in [-0.4, -0.2) is 78.5 Å². The van der Waals surface area contributed by atoms with Crippen LogP contribution in [0.4, 0.5) is 5.82 Å². The number of rotatable bonds is 7. The lowest BCUT2D eigenvalue weighted by Crippen LogP contribution is -2.46. The first-order valence-electron chi connectivity index (χ1n) is 8.21. The van der Waals surface area contributed by atoms with E-state index in [0.717, 1.165) is 0 Å². The Morgan fingerprint density at radius 2 is 2.17 bits per heavy atom. The number of nitrogens with one attached hydrogen (secondary N) is 1. The number of H-pyrrole nitrogens is 1. The summed E-state index contributed by atoms with van der Waals surface area (Å²) in [6.45, 7) is -1.21. The van der Waals surface area contributed by atoms with Crippen LogP contribution in [0.5, 0.6) is 0 Å². The molecule has 3 heterocycles. The minimum absolute atomic E-state index is 0.132. The molecule has 2 aromatic rings. The van der Waals surface area contributed by atoms with E-state index in [9.17, 15) is 14.5 Å². The number of carbonyl (C=O) groups is 1. The third-order valence-corrected chi connectivity index (χ3v) is 4.70. The number of imidazole rings is 1. The van der Waals surface area contributed by atoms with Gasteiger partial charge in [0.2, 0.25) is 11.7 Å². The maximum Gasteiger partial charge on any atom is 0.470 e. The van der Waals surface area contributed by atoms with Crippen LogP contribution in [0.25, 0.3) is 11.2 Å². The fraction of sp³-hybridized carbons (Fsp3) is 0.538. The van der Waals surface area contributed by atoms with Gasteiger partial charge in [0.15, 0.2) is 18.5 Å². The predicted octanol–water partition coefficient (Wildman–Crippen LogP) is -3.57. The van der Waals surface area contributed by atoms with Crippen LogP contribution in [0, 0.1) is 0 Å². The highest BCUT2D eigenvalue weighted by Crippen LogP contribution is 2.43. The van der Waals surface area contributed by atoms with Gasteiger partial charge >= 0.3 is 19.4 Å². The normalized spacial score (nSPS) is 26.0. The molecule has 29 heavy (non-hydrogen) atoms. The Balaban J connectivity index is 1.86. The molecule has 5 atom stereocenters. The molecule has 0 unspecified atom stereocenters. The number of anilines is 1. The van der Waals surface area contributed by atoms with E-state index in [0.29, 0.717) is 5.52 Å². The second-order valence-electron chi connectivity index (χ2n) is 6.17. The molecule has 0 amide bonds. The summed E-state index contributed by atoms with van der Waals surface area (Å²) in [4.78, 5) is 40.6. The molecule has 2 aromatic heterocycles. The number of hydrogen-bond acceptors (Lipinski definition) is 11. The summed E-state index contributed by atoms with van der Waals surface area (Å²) < 4.78 is 27.8. The Labute approximate surface area is 162 Å². The molecule has 9 N–H and O–H groups in total. The Hall–Kier alpha value is -2.23. The first-order valence-corrected chi connectivity index (χ1v) is 9.74. The van der Waals surface area contributed by atoms with E-state index < -0.39 is 57.6 Å². The molecule has 0 spiro atoms. The fourth-order valence-corrected chi connectivity index (χ4v) is 3.41. The number of aliphatic hydroxyl groups excluding tert-OH is 2. The monoisotopic (exact) mass is 435 g/mol. The Morgan fingerprint density at radius 3 is 2.83 bits per heavy atom. The zero-order chi connectivity index (χ0) is 21.3. The zero-order valence-corrected chi connectivity index (χ0v) is 15.6. The number of esters is 1. The van der Waals surface area contributed by atoms with E-state index in [2.05, 4.69) is 19.5 Å². The smallest absolute Gasteiger partial charge is 0.462 e. The van der Waals surface area contributed by atoms with Gasteiger partial charge in [-0.15, -0.1) is 0 Å². The van der Waals surface area contributed by atoms with E-state index in [1.807, 2.05) is 0 Å². The van der Waals surface area contributed by atoms with Crippen LogP contribution in [0.1, 0.15) is 6.23 Å². The minimum Gasteiger partial charge on any atom is -0.462 e. The molecule has 15 nitrogen and oxygen atoms in total. The lowest BCUT2D eigenvalue weighted by atomic mass is 10.1. The van der Waals surface area contributed by atoms with Gasteiger partial charge in [0.25, 0.3) is 0 Å². The number of ether oxygens (including phenoxy) is 2. The van der Waals surface area contributed by atoms with Crippen LogP contribution < -0.4 is 16.0 Å². The standard InChI is InChI=1S/C13H19N6O9P/c14-5(1-20)13(22)26-2-6-9(28-29(23,24)25)8(21)12(27-6)19-4-18-7-10(15)16-3-17-11(7)19/h3-6,8-9,12,20-21H,1-2,14H2,(H4,15,16,17,23,24,25)/p+1/t5-,6-,8-,9-,12-/m1/s1. The maximum atomic E-state index is 11.7. The number of aliphatic hydroxyl groups is 2. The molecule has 0 saturated carbocycles. The highest BCUT2D eigenvalue weighted by molar-refractivity contribution is 7.46. The fourth-order valence-electron chi connectivity index (χ4n) is 2.83. The van der Waals surface area contributed by atoms with Crippen molar-refractivity contribution >= 4 is 30.8 Å². The first-order chi connectivity index (χ1) is 13.6. The topological polar surface area (TPSA) is 240 Å². The molecule has 1 aliphatic rings. The molecular formula is C13H20N6O9P+. The van der Waals surface area contributed by atoms with Crippen LogP contribution in [-0.2, 0) is 23.4 Å². The van der Waals surface area contributed by atoms with Gasteiger partial charge in [-0.3, -0.25) is 14.3 Å². The minimum atomic E-state index is -5.03. The van der Waals surface area contributed by atoms with Crippen molar-refractivity contribution in [2.45, 2.75) is 30.6 Å². The number of phosphoric acid groups is 1. The van der Waals surface area contributed by atoms with Gasteiger partial charge < -0.3 is 40.9 Å². The van der Waals surface area contributed by atoms with Crippen molar-refractivity contribution in [2.75, 3.05) is 18.9 Å². The molecule has 0 bridgehead atoms. The van der Waals surface area contributed by atoms with Gasteiger partial charge in [0, 0.05) is 0 Å². The molecule has 0 aromatic carbocycles. The van der Waals surface area contributed by atoms with Crippen molar-refractivity contribution in [3.63, 3.8) is 0 Å². The van der Waals surface area contributed by atoms with Crippen molar-refractivity contribution in [1.29, 1.82) is 0 Å². The molecular weight excluding hydrogens is 415 g/mol. The zero-order valence-electron chi connectivity index (χ0n) is 14.7. The first kappa shape index (κ1) is 21.5. The third-order valence-electron chi connectivity index (χ3n) is 4.18. The third kappa shape index (κ3) is 4.52. The van der Waals surface area contributed by atoms with Crippen molar-refractivity contribution in [3.05, 3.63) is 12.7 Å². The number of carbonyl (C=O) groups excluding carboxylic acids is 1. The number of hydrogen-bond donors (Lipinski definition) is 7. The summed E-state index contributed by atoms with van der Waals surface area (Å²) in [6.07, 6.45) is -3.08. The lowest BCUT2D eigenvalue weighted by molar-refractivity contribution is -0.745. The molecule has 1 fully saturated rings. The molecule has 0 aliphatic carbocycles. The number of aromatic amines is 1. The quantitative estimate of drug-likeness (QED) is 0.127. The number of nitrogens with two attached hydrogens (primary N) is 2. The Bertz CT molecular complexity index is 935.